The maximum Gasteiger partial charge on any atom is 0.271 e. The van der Waals surface area contributed by atoms with E-state index in [9.17, 15) is 4.79 Å². The highest BCUT2D eigenvalue weighted by Crippen LogP contribution is 2.40. The second kappa shape index (κ2) is 7.86. The van der Waals surface area contributed by atoms with Crippen molar-refractivity contribution in [1.82, 2.24) is 5.43 Å². The minimum atomic E-state index is -0.169. The SMILES string of the molecule is CC(C)(C)c1ccc(OCc2ccc(C(=O)N/N=C3/C[C@@H]4C=CC[C@@H]34)cc2)cc1. The van der Waals surface area contributed by atoms with Crippen molar-refractivity contribution in [3.8, 4) is 5.75 Å². The van der Waals surface area contributed by atoms with Gasteiger partial charge in [-0.05, 0) is 59.6 Å². The van der Waals surface area contributed by atoms with E-state index < -0.39 is 0 Å². The average Bonchev–Trinajstić information content (AvgIpc) is 3.07. The Morgan fingerprint density at radius 1 is 1.10 bits per heavy atom. The van der Waals surface area contributed by atoms with Crippen LogP contribution in [0, 0.1) is 11.8 Å². The van der Waals surface area contributed by atoms with E-state index in [1.54, 1.807) is 0 Å². The number of fused-ring (bicyclic) bond motifs is 1. The standard InChI is InChI=1S/C25H28N2O2/c1-25(2,3)20-11-13-21(14-12-20)29-16-17-7-9-18(10-8-17)24(28)27-26-23-15-19-5-4-6-22(19)23/h4-5,7-14,19,22H,6,15-16H2,1-3H3,(H,27,28)/b26-23-/t19-,22+/m0/s1. The molecular weight excluding hydrogens is 360 g/mol. The maximum absolute atomic E-state index is 12.3. The highest BCUT2D eigenvalue weighted by atomic mass is 16.5. The Kier molecular flexibility index (Phi) is 5.27. The lowest BCUT2D eigenvalue weighted by molar-refractivity contribution is 0.0954. The van der Waals surface area contributed by atoms with Crippen LogP contribution in [0.15, 0.2) is 65.8 Å². The summed E-state index contributed by atoms with van der Waals surface area (Å²) in [6, 6.07) is 15.7. The molecule has 0 bridgehead atoms. The van der Waals surface area contributed by atoms with Crippen molar-refractivity contribution in [1.29, 1.82) is 0 Å². The number of nitrogens with zero attached hydrogens (tertiary/aromatic N) is 1. The van der Waals surface area contributed by atoms with Crippen LogP contribution in [0.3, 0.4) is 0 Å². The summed E-state index contributed by atoms with van der Waals surface area (Å²) in [5, 5.41) is 4.32. The molecule has 2 atom stereocenters. The Morgan fingerprint density at radius 3 is 2.48 bits per heavy atom. The normalized spacial score (nSPS) is 21.6. The third kappa shape index (κ3) is 4.42. The van der Waals surface area contributed by atoms with Crippen molar-refractivity contribution < 1.29 is 9.53 Å². The second-order valence-electron chi connectivity index (χ2n) is 8.94. The van der Waals surface area contributed by atoms with E-state index in [1.165, 1.54) is 5.56 Å². The van der Waals surface area contributed by atoms with Gasteiger partial charge in [0.2, 0.25) is 0 Å². The van der Waals surface area contributed by atoms with Gasteiger partial charge in [0, 0.05) is 17.2 Å². The van der Waals surface area contributed by atoms with Crippen LogP contribution in [0.5, 0.6) is 5.75 Å². The lowest BCUT2D eigenvalue weighted by atomic mass is 9.74. The summed E-state index contributed by atoms with van der Waals surface area (Å²) in [6.45, 7) is 7.05. The smallest absolute Gasteiger partial charge is 0.271 e. The first kappa shape index (κ1) is 19.4. The van der Waals surface area contributed by atoms with Gasteiger partial charge in [0.1, 0.15) is 12.4 Å². The van der Waals surface area contributed by atoms with E-state index in [2.05, 4.69) is 55.6 Å². The summed E-state index contributed by atoms with van der Waals surface area (Å²) in [7, 11) is 0. The molecule has 4 nitrogen and oxygen atoms in total. The predicted molar refractivity (Wildman–Crippen MR) is 116 cm³/mol. The minimum absolute atomic E-state index is 0.133. The summed E-state index contributed by atoms with van der Waals surface area (Å²) in [6.07, 6.45) is 6.48. The lowest BCUT2D eigenvalue weighted by Crippen LogP contribution is -2.35. The number of ether oxygens (including phenoxy) is 1. The van der Waals surface area contributed by atoms with Crippen LogP contribution in [0.25, 0.3) is 0 Å². The van der Waals surface area contributed by atoms with E-state index in [0.29, 0.717) is 24.0 Å². The number of hydrogen-bond acceptors (Lipinski definition) is 3. The Morgan fingerprint density at radius 2 is 1.83 bits per heavy atom. The van der Waals surface area contributed by atoms with Crippen LogP contribution in [0.1, 0.15) is 55.1 Å². The highest BCUT2D eigenvalue weighted by molar-refractivity contribution is 5.98. The van der Waals surface area contributed by atoms with E-state index in [4.69, 9.17) is 4.74 Å². The fourth-order valence-corrected chi connectivity index (χ4v) is 3.82. The van der Waals surface area contributed by atoms with Crippen LogP contribution >= 0.6 is 0 Å². The van der Waals surface area contributed by atoms with Gasteiger partial charge in [-0.15, -0.1) is 0 Å². The number of nitrogens with one attached hydrogen (secondary N) is 1. The molecule has 0 aliphatic heterocycles. The average molecular weight is 389 g/mol. The van der Waals surface area contributed by atoms with Crippen LogP contribution in [0.2, 0.25) is 0 Å². The monoisotopic (exact) mass is 388 g/mol. The minimum Gasteiger partial charge on any atom is -0.489 e. The quantitative estimate of drug-likeness (QED) is 0.562. The van der Waals surface area contributed by atoms with Gasteiger partial charge in [0.05, 0.1) is 0 Å². The molecule has 0 unspecified atom stereocenters. The summed E-state index contributed by atoms with van der Waals surface area (Å²) in [5.41, 5.74) is 6.85. The summed E-state index contributed by atoms with van der Waals surface area (Å²) < 4.78 is 5.87. The van der Waals surface area contributed by atoms with Crippen LogP contribution < -0.4 is 10.2 Å². The van der Waals surface area contributed by atoms with Crippen molar-refractivity contribution in [3.05, 3.63) is 77.4 Å². The van der Waals surface area contributed by atoms with Crippen LogP contribution in [-0.4, -0.2) is 11.6 Å². The number of hydrogen-bond donors (Lipinski definition) is 1. The molecule has 0 saturated heterocycles. The van der Waals surface area contributed by atoms with Gasteiger partial charge in [0.25, 0.3) is 5.91 Å². The molecule has 1 saturated carbocycles. The van der Waals surface area contributed by atoms with Gasteiger partial charge in [-0.25, -0.2) is 5.43 Å². The van der Waals surface area contributed by atoms with Crippen molar-refractivity contribution in [2.24, 2.45) is 16.9 Å². The molecule has 0 radical (unpaired) electrons. The van der Waals surface area contributed by atoms with Gasteiger partial charge < -0.3 is 4.74 Å². The van der Waals surface area contributed by atoms with E-state index >= 15 is 0 Å². The molecule has 4 heteroatoms. The van der Waals surface area contributed by atoms with E-state index in [0.717, 1.165) is 29.9 Å². The second-order valence-corrected chi connectivity index (χ2v) is 8.94. The Bertz CT molecular complexity index is 934. The van der Waals surface area contributed by atoms with Crippen LogP contribution in [0.4, 0.5) is 0 Å². The van der Waals surface area contributed by atoms with Gasteiger partial charge in [-0.3, -0.25) is 4.79 Å². The lowest BCUT2D eigenvalue weighted by Gasteiger charge is -2.31. The number of carbonyl (C=O) groups excluding carboxylic acids is 1. The van der Waals surface area contributed by atoms with E-state index in [1.807, 2.05) is 36.4 Å². The predicted octanol–water partition coefficient (Wildman–Crippen LogP) is 5.24. The summed E-state index contributed by atoms with van der Waals surface area (Å²) >= 11 is 0. The number of rotatable bonds is 5. The summed E-state index contributed by atoms with van der Waals surface area (Å²) in [5.74, 6) is 1.81. The van der Waals surface area contributed by atoms with Crippen molar-refractivity contribution in [2.45, 2.75) is 45.6 Å². The molecule has 0 aromatic heterocycles. The Labute approximate surface area is 172 Å². The fraction of sp³-hybridized carbons (Fsp3) is 0.360. The molecule has 2 aromatic rings. The Hall–Kier alpha value is -2.88. The Balaban J connectivity index is 1.28. The zero-order valence-electron chi connectivity index (χ0n) is 17.3. The van der Waals surface area contributed by atoms with Crippen molar-refractivity contribution in [2.75, 3.05) is 0 Å². The number of benzene rings is 2. The van der Waals surface area contributed by atoms with Gasteiger partial charge in [0.15, 0.2) is 0 Å². The molecule has 1 N–H and O–H groups in total. The summed E-state index contributed by atoms with van der Waals surface area (Å²) in [4.78, 5) is 12.3. The highest BCUT2D eigenvalue weighted by Gasteiger charge is 2.38. The topological polar surface area (TPSA) is 50.7 Å². The first-order chi connectivity index (χ1) is 13.9. The number of hydrazone groups is 1. The van der Waals surface area contributed by atoms with Gasteiger partial charge in [-0.1, -0.05) is 57.2 Å². The molecule has 2 aromatic carbocycles. The number of allylic oxidation sites excluding steroid dienone is 2. The molecule has 1 amide bonds. The van der Waals surface area contributed by atoms with Crippen molar-refractivity contribution >= 4 is 11.6 Å². The zero-order valence-corrected chi connectivity index (χ0v) is 17.3. The maximum atomic E-state index is 12.3. The molecule has 0 heterocycles. The fourth-order valence-electron chi connectivity index (χ4n) is 3.82. The third-order valence-corrected chi connectivity index (χ3v) is 5.81. The van der Waals surface area contributed by atoms with E-state index in [-0.39, 0.29) is 11.3 Å². The molecule has 150 valence electrons. The third-order valence-electron chi connectivity index (χ3n) is 5.81. The largest absolute Gasteiger partial charge is 0.489 e. The molecule has 4 rings (SSSR count). The van der Waals surface area contributed by atoms with Gasteiger partial charge >= 0.3 is 0 Å². The van der Waals surface area contributed by atoms with Crippen molar-refractivity contribution in [3.63, 3.8) is 0 Å². The first-order valence-corrected chi connectivity index (χ1v) is 10.3. The molecule has 29 heavy (non-hydrogen) atoms. The first-order valence-electron chi connectivity index (χ1n) is 10.3. The zero-order chi connectivity index (χ0) is 20.4. The molecule has 0 spiro atoms. The number of carbonyl (C=O) groups is 1. The molecular formula is C25H28N2O2. The van der Waals surface area contributed by atoms with Crippen LogP contribution in [-0.2, 0) is 12.0 Å². The van der Waals surface area contributed by atoms with Gasteiger partial charge in [-0.2, -0.15) is 5.10 Å². The molecule has 2 aliphatic carbocycles. The number of amides is 1. The molecule has 1 fully saturated rings. The molecule has 2 aliphatic rings.